The van der Waals surface area contributed by atoms with Gasteiger partial charge in [0.25, 0.3) is 0 Å². The van der Waals surface area contributed by atoms with Gasteiger partial charge in [0.05, 0.1) is 5.69 Å². The minimum absolute atomic E-state index is 0.627. The molecule has 0 saturated carbocycles. The van der Waals surface area contributed by atoms with E-state index in [0.29, 0.717) is 5.69 Å². The quantitative estimate of drug-likeness (QED) is 0.608. The van der Waals surface area contributed by atoms with Crippen molar-refractivity contribution in [3.05, 3.63) is 42.5 Å². The Bertz CT molecular complexity index is 655. The number of aldehydes is 1. The third kappa shape index (κ3) is 1.06. The highest BCUT2D eigenvalue weighted by Gasteiger charge is 2.06. The number of carbonyl (C=O) groups is 1. The zero-order chi connectivity index (χ0) is 10.3. The molecule has 0 aliphatic rings. The van der Waals surface area contributed by atoms with Crippen molar-refractivity contribution in [1.29, 1.82) is 0 Å². The normalized spacial score (nSPS) is 10.9. The maximum Gasteiger partial charge on any atom is 0.166 e. The summed E-state index contributed by atoms with van der Waals surface area (Å²) in [4.78, 5) is 17.9. The third-order valence-corrected chi connectivity index (χ3v) is 2.62. The first kappa shape index (κ1) is 8.17. The van der Waals surface area contributed by atoms with Crippen molar-refractivity contribution in [2.45, 2.75) is 0 Å². The van der Waals surface area contributed by atoms with Crippen molar-refractivity contribution >= 4 is 27.8 Å². The van der Waals surface area contributed by atoms with Gasteiger partial charge in [-0.05, 0) is 11.5 Å². The van der Waals surface area contributed by atoms with E-state index in [-0.39, 0.29) is 0 Å². The first-order valence-corrected chi connectivity index (χ1v) is 4.69. The fourth-order valence-corrected chi connectivity index (χ4v) is 1.93. The molecule has 1 aromatic carbocycles. The summed E-state index contributed by atoms with van der Waals surface area (Å²) in [5.41, 5.74) is 0.627. The molecule has 1 N–H and O–H groups in total. The topological polar surface area (TPSA) is 45.8 Å². The lowest BCUT2D eigenvalue weighted by atomic mass is 10.1. The summed E-state index contributed by atoms with van der Waals surface area (Å²) in [6.07, 6.45) is 6.24. The van der Waals surface area contributed by atoms with Crippen molar-refractivity contribution in [2.24, 2.45) is 0 Å². The molecule has 0 radical (unpaired) electrons. The summed E-state index contributed by atoms with van der Waals surface area (Å²) in [6.45, 7) is 0. The molecule has 3 aromatic rings. The second-order valence-electron chi connectivity index (χ2n) is 3.45. The SMILES string of the molecule is O=Cc1[nH]cc2ccc3cnccc3c12. The van der Waals surface area contributed by atoms with E-state index in [2.05, 4.69) is 9.97 Å². The molecule has 15 heavy (non-hydrogen) atoms. The van der Waals surface area contributed by atoms with Crippen molar-refractivity contribution in [2.75, 3.05) is 0 Å². The minimum atomic E-state index is 0.627. The molecule has 0 atom stereocenters. The first-order chi connectivity index (χ1) is 7.40. The molecule has 0 fully saturated rings. The van der Waals surface area contributed by atoms with E-state index in [9.17, 15) is 4.79 Å². The molecule has 3 nitrogen and oxygen atoms in total. The molecule has 2 heterocycles. The first-order valence-electron chi connectivity index (χ1n) is 4.69. The maximum absolute atomic E-state index is 10.9. The molecule has 0 aliphatic carbocycles. The van der Waals surface area contributed by atoms with E-state index < -0.39 is 0 Å². The monoisotopic (exact) mass is 196 g/mol. The van der Waals surface area contributed by atoms with Crippen molar-refractivity contribution in [1.82, 2.24) is 9.97 Å². The number of aromatic amines is 1. The number of hydrogen-bond acceptors (Lipinski definition) is 2. The Kier molecular flexibility index (Phi) is 1.59. The van der Waals surface area contributed by atoms with Gasteiger partial charge in [0, 0.05) is 34.7 Å². The van der Waals surface area contributed by atoms with Gasteiger partial charge in [-0.3, -0.25) is 9.78 Å². The lowest BCUT2D eigenvalue weighted by Gasteiger charge is -1.98. The van der Waals surface area contributed by atoms with Gasteiger partial charge in [0.1, 0.15) is 0 Å². The molecule has 0 unspecified atom stereocenters. The van der Waals surface area contributed by atoms with Crippen LogP contribution in [0.3, 0.4) is 0 Å². The van der Waals surface area contributed by atoms with Crippen LogP contribution < -0.4 is 0 Å². The largest absolute Gasteiger partial charge is 0.358 e. The third-order valence-electron chi connectivity index (χ3n) is 2.62. The number of carbonyl (C=O) groups excluding carboxylic acids is 1. The van der Waals surface area contributed by atoms with Crippen LogP contribution in [0, 0.1) is 0 Å². The van der Waals surface area contributed by atoms with Crippen LogP contribution in [0.2, 0.25) is 0 Å². The van der Waals surface area contributed by atoms with Crippen LogP contribution in [0.1, 0.15) is 10.5 Å². The smallest absolute Gasteiger partial charge is 0.166 e. The van der Waals surface area contributed by atoms with Crippen LogP contribution in [0.25, 0.3) is 21.5 Å². The van der Waals surface area contributed by atoms with Crippen molar-refractivity contribution < 1.29 is 4.79 Å². The van der Waals surface area contributed by atoms with Crippen LogP contribution in [0.15, 0.2) is 36.8 Å². The fourth-order valence-electron chi connectivity index (χ4n) is 1.93. The van der Waals surface area contributed by atoms with Crippen LogP contribution in [-0.2, 0) is 0 Å². The van der Waals surface area contributed by atoms with E-state index in [0.717, 1.165) is 27.8 Å². The number of rotatable bonds is 1. The minimum Gasteiger partial charge on any atom is -0.358 e. The Morgan fingerprint density at radius 3 is 2.93 bits per heavy atom. The van der Waals surface area contributed by atoms with Gasteiger partial charge in [0.2, 0.25) is 0 Å². The van der Waals surface area contributed by atoms with Crippen LogP contribution in [-0.4, -0.2) is 16.3 Å². The zero-order valence-corrected chi connectivity index (χ0v) is 7.90. The molecular formula is C12H8N2O. The number of pyridine rings is 1. The second-order valence-corrected chi connectivity index (χ2v) is 3.45. The van der Waals surface area contributed by atoms with E-state index in [1.165, 1.54) is 0 Å². The second kappa shape index (κ2) is 2.92. The predicted octanol–water partition coefficient (Wildman–Crippen LogP) is 2.53. The fraction of sp³-hybridized carbons (Fsp3) is 0. The highest BCUT2D eigenvalue weighted by atomic mass is 16.1. The summed E-state index contributed by atoms with van der Waals surface area (Å²) in [5.74, 6) is 0. The number of H-pyrrole nitrogens is 1. The molecule has 2 aromatic heterocycles. The number of nitrogens with zero attached hydrogens (tertiary/aromatic N) is 1. The number of nitrogens with one attached hydrogen (secondary N) is 1. The van der Waals surface area contributed by atoms with Gasteiger partial charge < -0.3 is 4.98 Å². The van der Waals surface area contributed by atoms with E-state index in [1.54, 1.807) is 12.4 Å². The number of aromatic nitrogens is 2. The molecule has 0 amide bonds. The number of fused-ring (bicyclic) bond motifs is 3. The van der Waals surface area contributed by atoms with Crippen LogP contribution >= 0.6 is 0 Å². The Morgan fingerprint density at radius 1 is 1.20 bits per heavy atom. The molecule has 0 aliphatic heterocycles. The Morgan fingerprint density at radius 2 is 2.07 bits per heavy atom. The Hall–Kier alpha value is -2.16. The standard InChI is InChI=1S/C12H8N2O/c15-7-11-12-9(6-14-11)2-1-8-5-13-4-3-10(8)12/h1-7,14H. The lowest BCUT2D eigenvalue weighted by Crippen LogP contribution is -1.81. The highest BCUT2D eigenvalue weighted by molar-refractivity contribution is 6.13. The molecule has 0 spiro atoms. The van der Waals surface area contributed by atoms with Crippen LogP contribution in [0.5, 0.6) is 0 Å². The van der Waals surface area contributed by atoms with Gasteiger partial charge in [-0.15, -0.1) is 0 Å². The lowest BCUT2D eigenvalue weighted by molar-refractivity contribution is 0.112. The van der Waals surface area contributed by atoms with Crippen molar-refractivity contribution in [3.8, 4) is 0 Å². The summed E-state index contributed by atoms with van der Waals surface area (Å²) in [5, 5.41) is 4.14. The van der Waals surface area contributed by atoms with E-state index in [1.807, 2.05) is 24.4 Å². The van der Waals surface area contributed by atoms with Gasteiger partial charge in [-0.1, -0.05) is 12.1 Å². The van der Waals surface area contributed by atoms with Crippen LogP contribution in [0.4, 0.5) is 0 Å². The van der Waals surface area contributed by atoms with Crippen molar-refractivity contribution in [3.63, 3.8) is 0 Å². The average Bonchev–Trinajstić information content (AvgIpc) is 2.72. The van der Waals surface area contributed by atoms with Gasteiger partial charge in [0.15, 0.2) is 6.29 Å². The molecule has 3 rings (SSSR count). The molecule has 72 valence electrons. The summed E-state index contributed by atoms with van der Waals surface area (Å²) in [7, 11) is 0. The number of benzene rings is 1. The Labute approximate surface area is 85.8 Å². The Balaban J connectivity index is 2.61. The maximum atomic E-state index is 10.9. The average molecular weight is 196 g/mol. The predicted molar refractivity (Wildman–Crippen MR) is 59.0 cm³/mol. The van der Waals surface area contributed by atoms with E-state index >= 15 is 0 Å². The zero-order valence-electron chi connectivity index (χ0n) is 7.90. The van der Waals surface area contributed by atoms with E-state index in [4.69, 9.17) is 0 Å². The molecule has 3 heteroatoms. The molecule has 0 saturated heterocycles. The highest BCUT2D eigenvalue weighted by Crippen LogP contribution is 2.26. The summed E-state index contributed by atoms with van der Waals surface area (Å²) >= 11 is 0. The van der Waals surface area contributed by atoms with Gasteiger partial charge in [-0.2, -0.15) is 0 Å². The van der Waals surface area contributed by atoms with Gasteiger partial charge in [-0.25, -0.2) is 0 Å². The summed E-state index contributed by atoms with van der Waals surface area (Å²) < 4.78 is 0. The summed E-state index contributed by atoms with van der Waals surface area (Å²) in [6, 6.07) is 5.93. The molecule has 0 bridgehead atoms. The molecular weight excluding hydrogens is 188 g/mol. The van der Waals surface area contributed by atoms with Gasteiger partial charge >= 0.3 is 0 Å². The number of hydrogen-bond donors (Lipinski definition) is 1.